The molecule has 0 aliphatic heterocycles. The fraction of sp³-hybridized carbons (Fsp3) is 0.636. The van der Waals surface area contributed by atoms with Crippen LogP contribution in [0.1, 0.15) is 37.9 Å². The summed E-state index contributed by atoms with van der Waals surface area (Å²) in [4.78, 5) is 22.9. The van der Waals surface area contributed by atoms with Crippen LogP contribution in [0.5, 0.6) is 0 Å². The topological polar surface area (TPSA) is 94.3 Å². The molecule has 0 fully saturated rings. The lowest BCUT2D eigenvalue weighted by atomic mass is 10.4. The maximum atomic E-state index is 11.6. The van der Waals surface area contributed by atoms with E-state index in [1.165, 1.54) is 0 Å². The van der Waals surface area contributed by atoms with Crippen LogP contribution in [0, 0.1) is 0 Å². The van der Waals surface area contributed by atoms with Crippen LogP contribution in [-0.2, 0) is 9.53 Å². The van der Waals surface area contributed by atoms with E-state index < -0.39 is 5.97 Å². The van der Waals surface area contributed by atoms with Crippen molar-refractivity contribution < 1.29 is 18.7 Å². The Kier molecular flexibility index (Phi) is 6.34. The van der Waals surface area contributed by atoms with E-state index in [0.29, 0.717) is 6.54 Å². The number of thioether (sulfide) groups is 1. The summed E-state index contributed by atoms with van der Waals surface area (Å²) in [5.74, 6) is -0.974. The molecule has 19 heavy (non-hydrogen) atoms. The lowest BCUT2D eigenvalue weighted by Crippen LogP contribution is -2.31. The van der Waals surface area contributed by atoms with Crippen LogP contribution < -0.4 is 5.32 Å². The van der Waals surface area contributed by atoms with E-state index in [4.69, 9.17) is 9.15 Å². The second-order valence-corrected chi connectivity index (χ2v) is 4.94. The van der Waals surface area contributed by atoms with Gasteiger partial charge >= 0.3 is 11.9 Å². The highest BCUT2D eigenvalue weighted by molar-refractivity contribution is 8.00. The second kappa shape index (κ2) is 7.78. The van der Waals surface area contributed by atoms with Crippen molar-refractivity contribution in [2.45, 2.75) is 37.7 Å². The van der Waals surface area contributed by atoms with E-state index >= 15 is 0 Å². The molecular weight excluding hydrogens is 270 g/mol. The van der Waals surface area contributed by atoms with E-state index in [-0.39, 0.29) is 28.9 Å². The van der Waals surface area contributed by atoms with Gasteiger partial charge < -0.3 is 14.5 Å². The number of carbonyl (C=O) groups is 2. The van der Waals surface area contributed by atoms with Crippen molar-refractivity contribution in [2.75, 3.05) is 13.2 Å². The van der Waals surface area contributed by atoms with Crippen molar-refractivity contribution in [2.24, 2.45) is 0 Å². The van der Waals surface area contributed by atoms with E-state index in [1.54, 1.807) is 13.8 Å². The summed E-state index contributed by atoms with van der Waals surface area (Å²) < 4.78 is 9.83. The number of nitrogens with zero attached hydrogens (tertiary/aromatic N) is 2. The molecule has 0 saturated carbocycles. The Bertz CT molecular complexity index is 435. The zero-order chi connectivity index (χ0) is 14.3. The fourth-order valence-electron chi connectivity index (χ4n) is 1.13. The maximum Gasteiger partial charge on any atom is 0.396 e. The minimum absolute atomic E-state index is 0.109. The predicted octanol–water partition coefficient (Wildman–Crippen LogP) is 1.25. The van der Waals surface area contributed by atoms with Gasteiger partial charge in [0.15, 0.2) is 0 Å². The van der Waals surface area contributed by atoms with E-state index in [1.807, 2.05) is 6.92 Å². The average molecular weight is 287 g/mol. The van der Waals surface area contributed by atoms with Gasteiger partial charge in [0.1, 0.15) is 0 Å². The van der Waals surface area contributed by atoms with Gasteiger partial charge in [-0.15, -0.1) is 5.10 Å². The van der Waals surface area contributed by atoms with Crippen molar-refractivity contribution >= 4 is 23.6 Å². The van der Waals surface area contributed by atoms with Gasteiger partial charge in [-0.2, -0.15) is 0 Å². The fourth-order valence-corrected chi connectivity index (χ4v) is 1.84. The van der Waals surface area contributed by atoms with Crippen LogP contribution in [-0.4, -0.2) is 40.5 Å². The van der Waals surface area contributed by atoms with Crippen LogP contribution in [0.25, 0.3) is 0 Å². The third kappa shape index (κ3) is 4.90. The lowest BCUT2D eigenvalue weighted by Gasteiger charge is -2.08. The second-order valence-electron chi connectivity index (χ2n) is 3.64. The summed E-state index contributed by atoms with van der Waals surface area (Å²) in [7, 11) is 0. The Morgan fingerprint density at radius 2 is 2.16 bits per heavy atom. The molecule has 0 aliphatic carbocycles. The van der Waals surface area contributed by atoms with E-state index in [9.17, 15) is 9.59 Å². The number of nitrogens with one attached hydrogen (secondary N) is 1. The molecule has 1 unspecified atom stereocenters. The minimum Gasteiger partial charge on any atom is -0.459 e. The van der Waals surface area contributed by atoms with Crippen LogP contribution in [0.15, 0.2) is 9.64 Å². The van der Waals surface area contributed by atoms with Gasteiger partial charge in [0.05, 0.1) is 11.9 Å². The molecule has 1 aromatic rings. The van der Waals surface area contributed by atoms with E-state index in [0.717, 1.165) is 18.2 Å². The zero-order valence-corrected chi connectivity index (χ0v) is 12.0. The van der Waals surface area contributed by atoms with Gasteiger partial charge in [0, 0.05) is 6.54 Å². The molecule has 1 atom stereocenters. The molecule has 1 rings (SSSR count). The number of ether oxygens (including phenoxy) is 1. The minimum atomic E-state index is -0.662. The van der Waals surface area contributed by atoms with Gasteiger partial charge in [-0.1, -0.05) is 23.8 Å². The van der Waals surface area contributed by atoms with Gasteiger partial charge in [-0.05, 0) is 20.3 Å². The highest BCUT2D eigenvalue weighted by atomic mass is 32.2. The molecule has 106 valence electrons. The summed E-state index contributed by atoms with van der Waals surface area (Å²) in [6, 6.07) is 0. The van der Waals surface area contributed by atoms with Crippen LogP contribution >= 0.6 is 11.8 Å². The molecule has 0 aliphatic rings. The van der Waals surface area contributed by atoms with Crippen LogP contribution in [0.4, 0.5) is 0 Å². The van der Waals surface area contributed by atoms with Crippen LogP contribution in [0.3, 0.4) is 0 Å². The molecular formula is C11H17N3O4S. The number of carbonyl (C=O) groups excluding carboxylic acids is 2. The lowest BCUT2D eigenvalue weighted by molar-refractivity contribution is -0.120. The molecule has 1 heterocycles. The van der Waals surface area contributed by atoms with Crippen molar-refractivity contribution in [3.05, 3.63) is 5.89 Å². The van der Waals surface area contributed by atoms with E-state index in [2.05, 4.69) is 15.5 Å². The van der Waals surface area contributed by atoms with Crippen molar-refractivity contribution in [3.8, 4) is 0 Å². The molecule has 8 heteroatoms. The number of amides is 1. The summed E-state index contributed by atoms with van der Waals surface area (Å²) >= 11 is 1.10. The standard InChI is InChI=1S/C11H17N3O4S/c1-4-6-12-8(15)7(3)19-11-14-13-9(18-11)10(16)17-5-2/h7H,4-6H2,1-3H3,(H,12,15). The molecule has 0 saturated heterocycles. The molecule has 0 spiro atoms. The normalized spacial score (nSPS) is 11.9. The first-order valence-corrected chi connectivity index (χ1v) is 6.91. The monoisotopic (exact) mass is 287 g/mol. The van der Waals surface area contributed by atoms with Crippen molar-refractivity contribution in [1.29, 1.82) is 0 Å². The SMILES string of the molecule is CCCNC(=O)C(C)Sc1nnc(C(=O)OCC)o1. The van der Waals surface area contributed by atoms with Crippen LogP contribution in [0.2, 0.25) is 0 Å². The summed E-state index contributed by atoms with van der Waals surface area (Å²) in [5, 5.41) is 9.81. The highest BCUT2D eigenvalue weighted by Gasteiger charge is 2.20. The Morgan fingerprint density at radius 1 is 1.42 bits per heavy atom. The molecule has 0 aromatic carbocycles. The smallest absolute Gasteiger partial charge is 0.396 e. The molecule has 1 N–H and O–H groups in total. The van der Waals surface area contributed by atoms with Crippen molar-refractivity contribution in [3.63, 3.8) is 0 Å². The Hall–Kier alpha value is -1.57. The highest BCUT2D eigenvalue weighted by Crippen LogP contribution is 2.21. The summed E-state index contributed by atoms with van der Waals surface area (Å²) in [6.07, 6.45) is 0.872. The molecule has 7 nitrogen and oxygen atoms in total. The first kappa shape index (κ1) is 15.5. The zero-order valence-electron chi connectivity index (χ0n) is 11.1. The van der Waals surface area contributed by atoms with Gasteiger partial charge in [0.2, 0.25) is 5.91 Å². The number of aromatic nitrogens is 2. The summed E-state index contributed by atoms with van der Waals surface area (Å²) in [5.41, 5.74) is 0. The quantitative estimate of drug-likeness (QED) is 0.595. The largest absolute Gasteiger partial charge is 0.459 e. The van der Waals surface area contributed by atoms with Gasteiger partial charge in [-0.3, -0.25) is 4.79 Å². The van der Waals surface area contributed by atoms with Gasteiger partial charge in [0.25, 0.3) is 5.22 Å². The number of esters is 1. The van der Waals surface area contributed by atoms with Gasteiger partial charge in [-0.25, -0.2) is 4.79 Å². The average Bonchev–Trinajstić information content (AvgIpc) is 2.84. The Balaban J connectivity index is 2.53. The molecule has 1 amide bonds. The first-order valence-electron chi connectivity index (χ1n) is 6.03. The number of hydrogen-bond acceptors (Lipinski definition) is 7. The molecule has 0 radical (unpaired) electrons. The third-order valence-electron chi connectivity index (χ3n) is 2.05. The molecule has 0 bridgehead atoms. The summed E-state index contributed by atoms with van der Waals surface area (Å²) in [6.45, 7) is 6.25. The molecule has 1 aromatic heterocycles. The predicted molar refractivity (Wildman–Crippen MR) is 68.9 cm³/mol. The maximum absolute atomic E-state index is 11.6. The Morgan fingerprint density at radius 3 is 2.79 bits per heavy atom. The third-order valence-corrected chi connectivity index (χ3v) is 2.99. The van der Waals surface area contributed by atoms with Crippen molar-refractivity contribution in [1.82, 2.24) is 15.5 Å². The number of rotatable bonds is 7. The number of hydrogen-bond donors (Lipinski definition) is 1. The Labute approximate surface area is 115 Å². The first-order chi connectivity index (χ1) is 9.08.